The fourth-order valence-electron chi connectivity index (χ4n) is 6.04. The third-order valence-corrected chi connectivity index (χ3v) is 7.68. The van der Waals surface area contributed by atoms with Gasteiger partial charge in [-0.15, -0.1) is 0 Å². The van der Waals surface area contributed by atoms with Crippen molar-refractivity contribution >= 4 is 43.6 Å². The molecule has 8 rings (SSSR count). The number of aromatic nitrogens is 2. The van der Waals surface area contributed by atoms with Crippen molar-refractivity contribution in [3.63, 3.8) is 0 Å². The van der Waals surface area contributed by atoms with Crippen molar-refractivity contribution in [1.82, 2.24) is 9.13 Å². The highest BCUT2D eigenvalue weighted by Crippen LogP contribution is 2.43. The van der Waals surface area contributed by atoms with Crippen molar-refractivity contribution in [2.24, 2.45) is 0 Å². The van der Waals surface area contributed by atoms with Crippen molar-refractivity contribution in [2.75, 3.05) is 0 Å². The normalized spacial score (nSPS) is 11.7. The Labute approximate surface area is 220 Å². The number of benzene rings is 6. The van der Waals surface area contributed by atoms with Crippen LogP contribution >= 0.6 is 0 Å². The largest absolute Gasteiger partial charge is 0.307 e. The van der Waals surface area contributed by atoms with Gasteiger partial charge in [0.25, 0.3) is 0 Å². The van der Waals surface area contributed by atoms with Gasteiger partial charge in [-0.3, -0.25) is 0 Å². The Balaban J connectivity index is 1.64. The van der Waals surface area contributed by atoms with Crippen molar-refractivity contribution in [2.45, 2.75) is 0 Å². The maximum Gasteiger partial charge on any atom is 0.0804 e. The molecule has 2 nitrogen and oxygen atoms in total. The molecular weight excluding hydrogens is 460 g/mol. The molecule has 0 amide bonds. The van der Waals surface area contributed by atoms with E-state index in [1.807, 2.05) is 0 Å². The zero-order valence-electron chi connectivity index (χ0n) is 20.8. The number of hydrogen-bond acceptors (Lipinski definition) is 0. The Bertz CT molecular complexity index is 2100. The molecule has 0 aliphatic heterocycles. The van der Waals surface area contributed by atoms with Gasteiger partial charge in [0.15, 0.2) is 0 Å². The van der Waals surface area contributed by atoms with E-state index < -0.39 is 0 Å². The molecular formula is C36H24N2. The van der Waals surface area contributed by atoms with Gasteiger partial charge in [0.2, 0.25) is 0 Å². The molecule has 0 spiro atoms. The second-order valence-corrected chi connectivity index (χ2v) is 9.82. The Hall–Kier alpha value is -5.08. The van der Waals surface area contributed by atoms with Crippen LogP contribution in [-0.2, 0) is 0 Å². The lowest BCUT2D eigenvalue weighted by molar-refractivity contribution is 1.18. The van der Waals surface area contributed by atoms with E-state index in [1.165, 1.54) is 66.1 Å². The second kappa shape index (κ2) is 8.22. The van der Waals surface area contributed by atoms with Gasteiger partial charge in [0.05, 0.1) is 22.1 Å². The van der Waals surface area contributed by atoms with Gasteiger partial charge in [-0.2, -0.15) is 0 Å². The summed E-state index contributed by atoms with van der Waals surface area (Å²) in [4.78, 5) is 0. The third kappa shape index (κ3) is 3.01. The lowest BCUT2D eigenvalue weighted by Crippen LogP contribution is -1.94. The van der Waals surface area contributed by atoms with E-state index >= 15 is 0 Å². The smallest absolute Gasteiger partial charge is 0.0804 e. The summed E-state index contributed by atoms with van der Waals surface area (Å²) in [6.07, 6.45) is 0. The Kier molecular flexibility index (Phi) is 4.55. The van der Waals surface area contributed by atoms with Crippen LogP contribution in [0.25, 0.3) is 66.1 Å². The molecule has 2 aromatic heterocycles. The summed E-state index contributed by atoms with van der Waals surface area (Å²) in [6.45, 7) is 0. The lowest BCUT2D eigenvalue weighted by Gasteiger charge is -2.11. The zero-order valence-corrected chi connectivity index (χ0v) is 20.8. The van der Waals surface area contributed by atoms with Crippen LogP contribution in [0.1, 0.15) is 0 Å². The maximum atomic E-state index is 2.48. The molecule has 178 valence electrons. The Morgan fingerprint density at radius 1 is 0.342 bits per heavy atom. The summed E-state index contributed by atoms with van der Waals surface area (Å²) in [5.41, 5.74) is 9.71. The SMILES string of the molecule is c1ccc(-c2ccc3c(c2)c2c(c4ccc5ccccc5c4n2-c2ccccc2)n3-c2ccccc2)cc1. The quantitative estimate of drug-likeness (QED) is 0.236. The fraction of sp³-hybridized carbons (Fsp3) is 0. The minimum Gasteiger partial charge on any atom is -0.307 e. The highest BCUT2D eigenvalue weighted by atomic mass is 15.1. The van der Waals surface area contributed by atoms with Crippen LogP contribution < -0.4 is 0 Å². The first-order valence-corrected chi connectivity index (χ1v) is 13.0. The molecule has 0 aliphatic carbocycles. The number of nitrogens with zero attached hydrogens (tertiary/aromatic N) is 2. The number of para-hydroxylation sites is 2. The molecule has 0 bridgehead atoms. The van der Waals surface area contributed by atoms with Crippen molar-refractivity contribution in [3.8, 4) is 22.5 Å². The van der Waals surface area contributed by atoms with Gasteiger partial charge in [-0.05, 0) is 52.9 Å². The zero-order chi connectivity index (χ0) is 25.1. The molecule has 0 aliphatic rings. The van der Waals surface area contributed by atoms with Crippen LogP contribution in [0.15, 0.2) is 146 Å². The average Bonchev–Trinajstić information content (AvgIpc) is 3.51. The Morgan fingerprint density at radius 2 is 0.947 bits per heavy atom. The number of hydrogen-bond donors (Lipinski definition) is 0. The maximum absolute atomic E-state index is 2.48. The third-order valence-electron chi connectivity index (χ3n) is 7.68. The first-order chi connectivity index (χ1) is 18.9. The van der Waals surface area contributed by atoms with Crippen LogP contribution in [-0.4, -0.2) is 9.13 Å². The summed E-state index contributed by atoms with van der Waals surface area (Å²) in [6, 6.07) is 52.4. The molecule has 0 saturated carbocycles. The van der Waals surface area contributed by atoms with Gasteiger partial charge in [0, 0.05) is 27.5 Å². The first-order valence-electron chi connectivity index (χ1n) is 13.0. The van der Waals surface area contributed by atoms with E-state index in [9.17, 15) is 0 Å². The van der Waals surface area contributed by atoms with Crippen LogP contribution in [0.5, 0.6) is 0 Å². The highest BCUT2D eigenvalue weighted by molar-refractivity contribution is 6.25. The van der Waals surface area contributed by atoms with E-state index in [0.29, 0.717) is 0 Å². The van der Waals surface area contributed by atoms with Crippen LogP contribution in [0.3, 0.4) is 0 Å². The standard InChI is InChI=1S/C36H24N2/c1-4-12-25(13-5-1)27-21-23-33-32(24-27)36-35(37(33)28-15-6-2-7-16-28)31-22-20-26-14-10-11-19-30(26)34(31)38(36)29-17-8-3-9-18-29/h1-24H. The van der Waals surface area contributed by atoms with Crippen LogP contribution in [0, 0.1) is 0 Å². The summed E-state index contributed by atoms with van der Waals surface area (Å²) < 4.78 is 4.92. The lowest BCUT2D eigenvalue weighted by atomic mass is 10.0. The van der Waals surface area contributed by atoms with Crippen LogP contribution in [0.4, 0.5) is 0 Å². The summed E-state index contributed by atoms with van der Waals surface area (Å²) in [7, 11) is 0. The highest BCUT2D eigenvalue weighted by Gasteiger charge is 2.23. The average molecular weight is 485 g/mol. The molecule has 0 radical (unpaired) electrons. The molecule has 38 heavy (non-hydrogen) atoms. The Morgan fingerprint density at radius 3 is 1.68 bits per heavy atom. The molecule has 8 aromatic rings. The number of rotatable bonds is 3. The first kappa shape index (κ1) is 21.0. The van der Waals surface area contributed by atoms with E-state index in [0.717, 1.165) is 0 Å². The van der Waals surface area contributed by atoms with Gasteiger partial charge in [-0.25, -0.2) is 0 Å². The van der Waals surface area contributed by atoms with Crippen molar-refractivity contribution < 1.29 is 0 Å². The van der Waals surface area contributed by atoms with E-state index in [2.05, 4.69) is 155 Å². The second-order valence-electron chi connectivity index (χ2n) is 9.82. The predicted octanol–water partition coefficient (Wildman–Crippen LogP) is 9.55. The van der Waals surface area contributed by atoms with Gasteiger partial charge in [0.1, 0.15) is 0 Å². The van der Waals surface area contributed by atoms with Crippen LogP contribution in [0.2, 0.25) is 0 Å². The fourth-order valence-corrected chi connectivity index (χ4v) is 6.04. The topological polar surface area (TPSA) is 9.86 Å². The predicted molar refractivity (Wildman–Crippen MR) is 161 cm³/mol. The molecule has 2 heteroatoms. The molecule has 6 aromatic carbocycles. The minimum atomic E-state index is 1.17. The van der Waals surface area contributed by atoms with Gasteiger partial charge < -0.3 is 9.13 Å². The molecule has 0 atom stereocenters. The molecule has 0 saturated heterocycles. The molecule has 2 heterocycles. The van der Waals surface area contributed by atoms with Crippen molar-refractivity contribution in [1.29, 1.82) is 0 Å². The number of fused-ring (bicyclic) bond motifs is 7. The molecule has 0 fully saturated rings. The minimum absolute atomic E-state index is 1.17. The summed E-state index contributed by atoms with van der Waals surface area (Å²) >= 11 is 0. The van der Waals surface area contributed by atoms with E-state index in [4.69, 9.17) is 0 Å². The summed E-state index contributed by atoms with van der Waals surface area (Å²) in [5.74, 6) is 0. The molecule has 0 N–H and O–H groups in total. The van der Waals surface area contributed by atoms with Gasteiger partial charge in [-0.1, -0.05) is 109 Å². The van der Waals surface area contributed by atoms with E-state index in [1.54, 1.807) is 0 Å². The van der Waals surface area contributed by atoms with Gasteiger partial charge >= 0.3 is 0 Å². The summed E-state index contributed by atoms with van der Waals surface area (Å²) in [5, 5.41) is 5.01. The van der Waals surface area contributed by atoms with Crippen molar-refractivity contribution in [3.05, 3.63) is 146 Å². The monoisotopic (exact) mass is 484 g/mol. The molecule has 0 unspecified atom stereocenters. The van der Waals surface area contributed by atoms with E-state index in [-0.39, 0.29) is 0 Å².